The number of nitrogen functional groups attached to an aromatic ring is 1. The molecule has 9 nitrogen and oxygen atoms in total. The topological polar surface area (TPSA) is 127 Å². The molecule has 1 aromatic carbocycles. The van der Waals surface area contributed by atoms with Crippen LogP contribution in [0.15, 0.2) is 57.3 Å². The molecule has 0 aliphatic heterocycles. The monoisotopic (exact) mass is 480 g/mol. The summed E-state index contributed by atoms with van der Waals surface area (Å²) in [5.41, 5.74) is 3.93. The molecule has 1 amide bonds. The Balaban J connectivity index is 1.86. The number of hydrogen-bond donors (Lipinski definition) is 2. The first-order valence-corrected chi connectivity index (χ1v) is 10.6. The number of anilines is 2. The van der Waals surface area contributed by atoms with Gasteiger partial charge in [-0.2, -0.15) is 13.2 Å². The molecule has 0 saturated carbocycles. The van der Waals surface area contributed by atoms with Crippen LogP contribution in [0.4, 0.5) is 24.7 Å². The van der Waals surface area contributed by atoms with Crippen LogP contribution in [0, 0.1) is 0 Å². The van der Waals surface area contributed by atoms with Crippen LogP contribution < -0.4 is 21.9 Å². The number of nitrogens with zero attached hydrogens (tertiary/aromatic N) is 4. The molecule has 2 heterocycles. The third-order valence-corrected chi connectivity index (χ3v) is 5.38. The molecule has 0 aliphatic carbocycles. The number of H-pyrrole nitrogens is 1. The van der Waals surface area contributed by atoms with Crippen molar-refractivity contribution in [1.29, 1.82) is 0 Å². The molecule has 0 spiro atoms. The minimum Gasteiger partial charge on any atom is -0.383 e. The highest BCUT2D eigenvalue weighted by atomic mass is 32.2. The number of nitrogens with one attached hydrogen (secondary N) is 1. The van der Waals surface area contributed by atoms with E-state index in [1.165, 1.54) is 0 Å². The van der Waals surface area contributed by atoms with Crippen LogP contribution in [0.5, 0.6) is 0 Å². The Labute approximate surface area is 189 Å². The van der Waals surface area contributed by atoms with E-state index in [1.54, 1.807) is 37.3 Å². The molecule has 0 saturated heterocycles. The molecule has 3 aromatic rings. The van der Waals surface area contributed by atoms with Crippen LogP contribution >= 0.6 is 11.8 Å². The molecule has 3 rings (SSSR count). The van der Waals surface area contributed by atoms with E-state index in [4.69, 9.17) is 5.73 Å². The van der Waals surface area contributed by atoms with Gasteiger partial charge in [0.1, 0.15) is 11.5 Å². The summed E-state index contributed by atoms with van der Waals surface area (Å²) in [6, 6.07) is 9.62. The van der Waals surface area contributed by atoms with Crippen molar-refractivity contribution in [2.45, 2.75) is 24.8 Å². The van der Waals surface area contributed by atoms with E-state index < -0.39 is 29.0 Å². The quantitative estimate of drug-likeness (QED) is 0.392. The van der Waals surface area contributed by atoms with Crippen LogP contribution in [0.2, 0.25) is 0 Å². The van der Waals surface area contributed by atoms with Gasteiger partial charge in [0.2, 0.25) is 5.91 Å². The first kappa shape index (κ1) is 24.0. The highest BCUT2D eigenvalue weighted by Gasteiger charge is 2.33. The van der Waals surface area contributed by atoms with Crippen molar-refractivity contribution in [3.05, 3.63) is 74.7 Å². The van der Waals surface area contributed by atoms with Crippen LogP contribution in [0.3, 0.4) is 0 Å². The molecule has 174 valence electrons. The molecular formula is C20H19F3N6O3S. The van der Waals surface area contributed by atoms with Crippen molar-refractivity contribution >= 4 is 29.2 Å². The van der Waals surface area contributed by atoms with Crippen molar-refractivity contribution in [1.82, 2.24) is 19.5 Å². The first-order valence-electron chi connectivity index (χ1n) is 9.61. The molecule has 13 heteroatoms. The Hall–Kier alpha value is -3.61. The number of nitrogens with two attached hydrogens (primary N) is 1. The van der Waals surface area contributed by atoms with Gasteiger partial charge in [0, 0.05) is 12.7 Å². The summed E-state index contributed by atoms with van der Waals surface area (Å²) in [6.07, 6.45) is -3.70. The van der Waals surface area contributed by atoms with Gasteiger partial charge in [-0.25, -0.2) is 14.8 Å². The van der Waals surface area contributed by atoms with Crippen LogP contribution in [-0.4, -0.2) is 37.7 Å². The molecule has 0 unspecified atom stereocenters. The summed E-state index contributed by atoms with van der Waals surface area (Å²) in [5, 5.41) is -0.245. The largest absolute Gasteiger partial charge is 0.433 e. The fourth-order valence-corrected chi connectivity index (χ4v) is 3.70. The number of carbonyl (C=O) groups is 1. The Morgan fingerprint density at radius 3 is 2.55 bits per heavy atom. The predicted molar refractivity (Wildman–Crippen MR) is 117 cm³/mol. The summed E-state index contributed by atoms with van der Waals surface area (Å²) in [6.45, 7) is 1.68. The van der Waals surface area contributed by atoms with E-state index in [2.05, 4.69) is 15.0 Å². The zero-order chi connectivity index (χ0) is 24.2. The van der Waals surface area contributed by atoms with Crippen LogP contribution in [-0.2, 0) is 17.5 Å². The smallest absolute Gasteiger partial charge is 0.383 e. The Bertz CT molecular complexity index is 1260. The van der Waals surface area contributed by atoms with Gasteiger partial charge in [-0.1, -0.05) is 42.1 Å². The van der Waals surface area contributed by atoms with E-state index in [-0.39, 0.29) is 35.5 Å². The lowest BCUT2D eigenvalue weighted by molar-refractivity contribution is -0.141. The minimum absolute atomic E-state index is 0.0274. The number of amides is 1. The molecule has 33 heavy (non-hydrogen) atoms. The summed E-state index contributed by atoms with van der Waals surface area (Å²) in [5.74, 6) is -1.18. The van der Waals surface area contributed by atoms with E-state index in [0.717, 1.165) is 27.3 Å². The number of thioether (sulfide) groups is 1. The number of benzene rings is 1. The zero-order valence-electron chi connectivity index (χ0n) is 17.3. The lowest BCUT2D eigenvalue weighted by Gasteiger charge is -2.23. The number of hydrogen-bond acceptors (Lipinski definition) is 7. The third kappa shape index (κ3) is 5.61. The lowest BCUT2D eigenvalue weighted by atomic mass is 10.2. The van der Waals surface area contributed by atoms with E-state index >= 15 is 0 Å². The number of aromatic amines is 1. The van der Waals surface area contributed by atoms with E-state index in [0.29, 0.717) is 11.8 Å². The number of rotatable bonds is 7. The normalized spacial score (nSPS) is 11.4. The summed E-state index contributed by atoms with van der Waals surface area (Å²) in [4.78, 5) is 48.0. The molecular weight excluding hydrogens is 461 g/mol. The highest BCUT2D eigenvalue weighted by Crippen LogP contribution is 2.28. The molecule has 3 N–H and O–H groups in total. The Morgan fingerprint density at radius 1 is 1.21 bits per heavy atom. The van der Waals surface area contributed by atoms with Gasteiger partial charge >= 0.3 is 11.9 Å². The molecule has 0 atom stereocenters. The Kier molecular flexibility index (Phi) is 7.21. The van der Waals surface area contributed by atoms with Gasteiger partial charge in [-0.05, 0) is 18.6 Å². The molecule has 2 aromatic heterocycles. The molecule has 0 fully saturated rings. The van der Waals surface area contributed by atoms with Crippen molar-refractivity contribution in [3.8, 4) is 0 Å². The van der Waals surface area contributed by atoms with Gasteiger partial charge in [0.25, 0.3) is 5.56 Å². The van der Waals surface area contributed by atoms with Gasteiger partial charge in [0.05, 0.1) is 12.3 Å². The molecule has 0 aliphatic rings. The summed E-state index contributed by atoms with van der Waals surface area (Å²) in [7, 11) is 0. The van der Waals surface area contributed by atoms with E-state index in [1.807, 2.05) is 0 Å². The highest BCUT2D eigenvalue weighted by molar-refractivity contribution is 7.99. The van der Waals surface area contributed by atoms with Crippen LogP contribution in [0.1, 0.15) is 18.2 Å². The maximum Gasteiger partial charge on any atom is 0.433 e. The van der Waals surface area contributed by atoms with Gasteiger partial charge < -0.3 is 10.6 Å². The Morgan fingerprint density at radius 2 is 1.91 bits per heavy atom. The maximum absolute atomic E-state index is 12.8. The average molecular weight is 480 g/mol. The first-order chi connectivity index (χ1) is 15.6. The van der Waals surface area contributed by atoms with Gasteiger partial charge in [-0.15, -0.1) is 0 Å². The van der Waals surface area contributed by atoms with Crippen molar-refractivity contribution in [2.24, 2.45) is 0 Å². The molecule has 0 bridgehead atoms. The van der Waals surface area contributed by atoms with Crippen molar-refractivity contribution in [3.63, 3.8) is 0 Å². The molecule has 0 radical (unpaired) electrons. The third-order valence-electron chi connectivity index (χ3n) is 4.53. The second-order valence-electron chi connectivity index (χ2n) is 6.71. The second kappa shape index (κ2) is 9.90. The standard InChI is InChI=1S/C20H19F3N6O3S/c1-2-28(14(30)11-33-18-25-9-8-13(26-18)20(21,22)23)15-16(24)29(19(32)27-17(15)31)10-12-6-4-3-5-7-12/h3-9H,2,10-11,24H2,1H3,(H,27,31,32). The fraction of sp³-hybridized carbons (Fsp3) is 0.250. The lowest BCUT2D eigenvalue weighted by Crippen LogP contribution is -2.41. The summed E-state index contributed by atoms with van der Waals surface area (Å²) >= 11 is 0.684. The van der Waals surface area contributed by atoms with Gasteiger partial charge in [-0.3, -0.25) is 19.1 Å². The number of alkyl halides is 3. The maximum atomic E-state index is 12.8. The van der Waals surface area contributed by atoms with Crippen LogP contribution in [0.25, 0.3) is 0 Å². The van der Waals surface area contributed by atoms with Crippen molar-refractivity contribution in [2.75, 3.05) is 22.9 Å². The fourth-order valence-electron chi connectivity index (χ4n) is 2.99. The minimum atomic E-state index is -4.65. The predicted octanol–water partition coefficient (Wildman–Crippen LogP) is 2.12. The number of halogens is 3. The average Bonchev–Trinajstić information content (AvgIpc) is 2.78. The summed E-state index contributed by atoms with van der Waals surface area (Å²) < 4.78 is 39.6. The van der Waals surface area contributed by atoms with Crippen molar-refractivity contribution < 1.29 is 18.0 Å². The SMILES string of the molecule is CCN(C(=O)CSc1nccc(C(F)(F)F)n1)c1c(N)n(Cc2ccccc2)c(=O)[nH]c1=O. The van der Waals surface area contributed by atoms with E-state index in [9.17, 15) is 27.6 Å². The zero-order valence-corrected chi connectivity index (χ0v) is 18.1. The number of carbonyl (C=O) groups excluding carboxylic acids is 1. The van der Waals surface area contributed by atoms with Gasteiger partial charge in [0.15, 0.2) is 10.8 Å². The second-order valence-corrected chi connectivity index (χ2v) is 7.66. The number of aromatic nitrogens is 4.